The van der Waals surface area contributed by atoms with Crippen molar-refractivity contribution in [2.75, 3.05) is 5.32 Å². The number of anilines is 1. The molecular formula is C12H9F4N3O2S. The van der Waals surface area contributed by atoms with Gasteiger partial charge in [0.2, 0.25) is 11.8 Å². The molecule has 10 heteroatoms. The Morgan fingerprint density at radius 1 is 1.41 bits per heavy atom. The van der Waals surface area contributed by atoms with E-state index in [0.717, 1.165) is 30.6 Å². The van der Waals surface area contributed by atoms with Crippen molar-refractivity contribution < 1.29 is 27.1 Å². The van der Waals surface area contributed by atoms with Gasteiger partial charge in [-0.3, -0.25) is 4.79 Å². The molecule has 118 valence electrons. The number of hydrogen-bond acceptors (Lipinski definition) is 5. The average molecular weight is 335 g/mol. The Bertz CT molecular complexity index is 661. The molecule has 0 saturated carbocycles. The molecule has 1 N–H and O–H groups in total. The first-order valence-electron chi connectivity index (χ1n) is 5.88. The second-order valence-electron chi connectivity index (χ2n) is 4.16. The van der Waals surface area contributed by atoms with E-state index in [1.807, 2.05) is 0 Å². The standard InChI is InChI=1S/C12H9F4N3O2S/c1-6(12(14,15)16)21-11-8(2-3-9(13)19-11)10(20)18-7-4-17-22-5-7/h2-6H,1H3,(H,18,20). The highest BCUT2D eigenvalue weighted by molar-refractivity contribution is 7.04. The summed E-state index contributed by atoms with van der Waals surface area (Å²) in [5.41, 5.74) is 0.0397. The van der Waals surface area contributed by atoms with Gasteiger partial charge in [0, 0.05) is 5.38 Å². The van der Waals surface area contributed by atoms with Crippen molar-refractivity contribution in [2.45, 2.75) is 19.2 Å². The first-order chi connectivity index (χ1) is 10.3. The second-order valence-corrected chi connectivity index (χ2v) is 4.81. The summed E-state index contributed by atoms with van der Waals surface area (Å²) in [7, 11) is 0. The number of halogens is 4. The van der Waals surface area contributed by atoms with E-state index >= 15 is 0 Å². The number of pyridine rings is 1. The Morgan fingerprint density at radius 3 is 2.73 bits per heavy atom. The third-order valence-electron chi connectivity index (χ3n) is 2.51. The van der Waals surface area contributed by atoms with Gasteiger partial charge in [0.15, 0.2) is 6.10 Å². The van der Waals surface area contributed by atoms with E-state index < -0.39 is 30.0 Å². The minimum atomic E-state index is -4.67. The lowest BCUT2D eigenvalue weighted by Crippen LogP contribution is -2.32. The summed E-state index contributed by atoms with van der Waals surface area (Å²) in [5, 5.41) is 3.92. The average Bonchev–Trinajstić information content (AvgIpc) is 2.90. The number of rotatable bonds is 4. The molecule has 2 heterocycles. The summed E-state index contributed by atoms with van der Waals surface area (Å²) < 4.78 is 59.0. The fourth-order valence-corrected chi connectivity index (χ4v) is 1.85. The topological polar surface area (TPSA) is 64.1 Å². The Labute approximate surface area is 126 Å². The number of alkyl halides is 3. The minimum Gasteiger partial charge on any atom is -0.464 e. The maximum absolute atomic E-state index is 13.1. The molecule has 1 unspecified atom stereocenters. The fourth-order valence-electron chi connectivity index (χ4n) is 1.38. The molecule has 0 aliphatic carbocycles. The lowest BCUT2D eigenvalue weighted by Gasteiger charge is -2.18. The quantitative estimate of drug-likeness (QED) is 0.688. The van der Waals surface area contributed by atoms with E-state index in [0.29, 0.717) is 5.69 Å². The monoisotopic (exact) mass is 335 g/mol. The van der Waals surface area contributed by atoms with E-state index in [1.54, 1.807) is 0 Å². The molecule has 5 nitrogen and oxygen atoms in total. The molecule has 2 rings (SSSR count). The normalized spacial score (nSPS) is 12.8. The van der Waals surface area contributed by atoms with Crippen LogP contribution >= 0.6 is 11.5 Å². The van der Waals surface area contributed by atoms with Crippen LogP contribution in [-0.4, -0.2) is 27.5 Å². The Hall–Kier alpha value is -2.23. The van der Waals surface area contributed by atoms with Gasteiger partial charge in [0.1, 0.15) is 5.56 Å². The number of hydrogen-bond donors (Lipinski definition) is 1. The number of nitrogens with one attached hydrogen (secondary N) is 1. The van der Waals surface area contributed by atoms with Crippen molar-refractivity contribution in [1.82, 2.24) is 9.36 Å². The van der Waals surface area contributed by atoms with Gasteiger partial charge in [-0.1, -0.05) is 0 Å². The summed E-state index contributed by atoms with van der Waals surface area (Å²) >= 11 is 1.08. The number of nitrogens with zero attached hydrogens (tertiary/aromatic N) is 2. The summed E-state index contributed by atoms with van der Waals surface area (Å²) in [6, 6.07) is 1.85. The second kappa shape index (κ2) is 6.26. The number of amides is 1. The number of carbonyl (C=O) groups is 1. The summed E-state index contributed by atoms with van der Waals surface area (Å²) in [5.74, 6) is -2.57. The smallest absolute Gasteiger partial charge is 0.425 e. The summed E-state index contributed by atoms with van der Waals surface area (Å²) in [6.07, 6.45) is -5.55. The molecule has 0 saturated heterocycles. The van der Waals surface area contributed by atoms with Gasteiger partial charge in [0.05, 0.1) is 11.9 Å². The third-order valence-corrected chi connectivity index (χ3v) is 3.10. The number of aromatic nitrogens is 2. The first-order valence-corrected chi connectivity index (χ1v) is 6.71. The molecule has 1 atom stereocenters. The number of carbonyl (C=O) groups excluding carboxylic acids is 1. The predicted molar refractivity (Wildman–Crippen MR) is 70.4 cm³/mol. The molecule has 2 aromatic heterocycles. The van der Waals surface area contributed by atoms with Crippen LogP contribution in [0.25, 0.3) is 0 Å². The van der Waals surface area contributed by atoms with E-state index in [-0.39, 0.29) is 5.56 Å². The van der Waals surface area contributed by atoms with Crippen molar-refractivity contribution in [1.29, 1.82) is 0 Å². The first kappa shape index (κ1) is 16.1. The van der Waals surface area contributed by atoms with Crippen LogP contribution in [-0.2, 0) is 0 Å². The van der Waals surface area contributed by atoms with Crippen LogP contribution in [0.15, 0.2) is 23.7 Å². The van der Waals surface area contributed by atoms with Crippen LogP contribution in [0.1, 0.15) is 17.3 Å². The van der Waals surface area contributed by atoms with E-state index in [4.69, 9.17) is 0 Å². The lowest BCUT2D eigenvalue weighted by atomic mass is 10.2. The zero-order valence-corrected chi connectivity index (χ0v) is 11.8. The van der Waals surface area contributed by atoms with Crippen molar-refractivity contribution in [2.24, 2.45) is 0 Å². The molecule has 0 aliphatic heterocycles. The fraction of sp³-hybridized carbons (Fsp3) is 0.250. The van der Waals surface area contributed by atoms with Gasteiger partial charge >= 0.3 is 6.18 Å². The van der Waals surface area contributed by atoms with E-state index in [1.165, 1.54) is 11.6 Å². The van der Waals surface area contributed by atoms with Crippen molar-refractivity contribution in [3.63, 3.8) is 0 Å². The van der Waals surface area contributed by atoms with Gasteiger partial charge in [-0.15, -0.1) is 0 Å². The summed E-state index contributed by atoms with van der Waals surface area (Å²) in [4.78, 5) is 15.2. The number of ether oxygens (including phenoxy) is 1. The Balaban J connectivity index is 2.25. The van der Waals surface area contributed by atoms with Gasteiger partial charge in [-0.25, -0.2) is 0 Å². The maximum atomic E-state index is 13.1. The van der Waals surface area contributed by atoms with Gasteiger partial charge in [-0.2, -0.15) is 26.9 Å². The summed E-state index contributed by atoms with van der Waals surface area (Å²) in [6.45, 7) is 0.733. The highest BCUT2D eigenvalue weighted by Crippen LogP contribution is 2.26. The zero-order valence-electron chi connectivity index (χ0n) is 11.0. The maximum Gasteiger partial charge on any atom is 0.425 e. The van der Waals surface area contributed by atoms with Crippen LogP contribution in [0.5, 0.6) is 5.88 Å². The Morgan fingerprint density at radius 2 is 2.14 bits per heavy atom. The van der Waals surface area contributed by atoms with Crippen LogP contribution < -0.4 is 10.1 Å². The highest BCUT2D eigenvalue weighted by atomic mass is 32.1. The van der Waals surface area contributed by atoms with Crippen molar-refractivity contribution in [3.05, 3.63) is 35.2 Å². The lowest BCUT2D eigenvalue weighted by molar-refractivity contribution is -0.190. The van der Waals surface area contributed by atoms with Crippen LogP contribution in [0.2, 0.25) is 0 Å². The molecule has 0 aliphatic rings. The molecule has 0 fully saturated rings. The van der Waals surface area contributed by atoms with Gasteiger partial charge in [-0.05, 0) is 30.6 Å². The highest BCUT2D eigenvalue weighted by Gasteiger charge is 2.39. The van der Waals surface area contributed by atoms with Crippen LogP contribution in [0, 0.1) is 5.95 Å². The Kier molecular flexibility index (Phi) is 4.59. The van der Waals surface area contributed by atoms with Crippen LogP contribution in [0.4, 0.5) is 23.2 Å². The van der Waals surface area contributed by atoms with Crippen molar-refractivity contribution >= 4 is 23.1 Å². The molecule has 0 radical (unpaired) electrons. The van der Waals surface area contributed by atoms with Gasteiger partial charge < -0.3 is 10.1 Å². The molecule has 0 spiro atoms. The molecule has 1 amide bonds. The molecule has 2 aromatic rings. The molecule has 0 aromatic carbocycles. The predicted octanol–water partition coefficient (Wildman–Crippen LogP) is 3.26. The van der Waals surface area contributed by atoms with E-state index in [2.05, 4.69) is 19.4 Å². The zero-order chi connectivity index (χ0) is 16.3. The van der Waals surface area contributed by atoms with E-state index in [9.17, 15) is 22.4 Å². The third kappa shape index (κ3) is 3.91. The SMILES string of the molecule is CC(Oc1nc(F)ccc1C(=O)Nc1cnsc1)C(F)(F)F. The van der Waals surface area contributed by atoms with Crippen molar-refractivity contribution in [3.8, 4) is 5.88 Å². The molecule has 22 heavy (non-hydrogen) atoms. The van der Waals surface area contributed by atoms with Crippen LogP contribution in [0.3, 0.4) is 0 Å². The molecular weight excluding hydrogens is 326 g/mol. The minimum absolute atomic E-state index is 0.316. The largest absolute Gasteiger partial charge is 0.464 e. The van der Waals surface area contributed by atoms with Gasteiger partial charge in [0.25, 0.3) is 5.91 Å². The molecule has 0 bridgehead atoms.